The van der Waals surface area contributed by atoms with E-state index in [-0.39, 0.29) is 18.0 Å². The Hall–Kier alpha value is -2.24. The van der Waals surface area contributed by atoms with Crippen molar-refractivity contribution in [2.45, 2.75) is 39.7 Å². The fourth-order valence-electron chi connectivity index (χ4n) is 2.07. The van der Waals surface area contributed by atoms with E-state index in [1.807, 2.05) is 52.0 Å². The third kappa shape index (κ3) is 8.41. The lowest BCUT2D eigenvalue weighted by atomic mass is 10.1. The molecule has 0 bridgehead atoms. The monoisotopic (exact) mass is 334 g/mol. The molecule has 0 saturated carbocycles. The van der Waals surface area contributed by atoms with Crippen molar-refractivity contribution in [2.75, 3.05) is 26.7 Å². The molecule has 0 unspecified atom stereocenters. The lowest BCUT2D eigenvalue weighted by molar-refractivity contribution is -0.121. The number of carbonyl (C=O) groups is 1. The zero-order valence-electron chi connectivity index (χ0n) is 15.4. The topological polar surface area (TPSA) is 74.8 Å². The lowest BCUT2D eigenvalue weighted by Gasteiger charge is -2.20. The summed E-state index contributed by atoms with van der Waals surface area (Å²) in [6, 6.07) is 7.99. The van der Waals surface area contributed by atoms with E-state index in [0.717, 1.165) is 25.3 Å². The van der Waals surface area contributed by atoms with Crippen molar-refractivity contribution in [3.05, 3.63) is 29.8 Å². The van der Waals surface area contributed by atoms with Crippen molar-refractivity contribution >= 4 is 11.9 Å². The molecule has 0 aliphatic heterocycles. The molecule has 0 fully saturated rings. The molecule has 1 aromatic rings. The number of benzene rings is 1. The van der Waals surface area contributed by atoms with Gasteiger partial charge in [0.25, 0.3) is 0 Å². The van der Waals surface area contributed by atoms with Gasteiger partial charge in [-0.15, -0.1) is 0 Å². The summed E-state index contributed by atoms with van der Waals surface area (Å²) < 4.78 is 5.15. The van der Waals surface area contributed by atoms with Gasteiger partial charge in [0, 0.05) is 18.6 Å². The van der Waals surface area contributed by atoms with Crippen molar-refractivity contribution in [3.8, 4) is 5.75 Å². The van der Waals surface area contributed by atoms with Crippen molar-refractivity contribution in [1.82, 2.24) is 16.0 Å². The highest BCUT2D eigenvalue weighted by molar-refractivity contribution is 5.85. The van der Waals surface area contributed by atoms with Gasteiger partial charge in [0.15, 0.2) is 5.96 Å². The second-order valence-electron chi connectivity index (χ2n) is 6.52. The van der Waals surface area contributed by atoms with Gasteiger partial charge in [-0.05, 0) is 51.8 Å². The molecule has 0 heterocycles. The highest BCUT2D eigenvalue weighted by atomic mass is 16.5. The zero-order chi connectivity index (χ0) is 18.0. The maximum absolute atomic E-state index is 11.8. The summed E-state index contributed by atoms with van der Waals surface area (Å²) in [7, 11) is 1.66. The van der Waals surface area contributed by atoms with Gasteiger partial charge in [-0.2, -0.15) is 0 Å². The van der Waals surface area contributed by atoms with Gasteiger partial charge in [0.05, 0.1) is 7.11 Å². The second kappa shape index (κ2) is 9.80. The number of carbonyl (C=O) groups excluding carboxylic acids is 1. The van der Waals surface area contributed by atoms with E-state index in [1.165, 1.54) is 5.56 Å². The number of guanidine groups is 1. The van der Waals surface area contributed by atoms with Crippen LogP contribution in [0.25, 0.3) is 0 Å². The van der Waals surface area contributed by atoms with Crippen molar-refractivity contribution < 1.29 is 9.53 Å². The fraction of sp³-hybridized carbons (Fsp3) is 0.556. The SMILES string of the molecule is CCNC(=NCC(=O)NC(C)(C)C)NCCc1ccc(OC)cc1. The molecule has 0 aromatic heterocycles. The first-order valence-electron chi connectivity index (χ1n) is 8.30. The van der Waals surface area contributed by atoms with Gasteiger partial charge in [0.2, 0.25) is 5.91 Å². The van der Waals surface area contributed by atoms with E-state index in [0.29, 0.717) is 5.96 Å². The van der Waals surface area contributed by atoms with Gasteiger partial charge in [0.1, 0.15) is 12.3 Å². The van der Waals surface area contributed by atoms with Crippen molar-refractivity contribution in [1.29, 1.82) is 0 Å². The third-order valence-electron chi connectivity index (χ3n) is 3.10. The minimum atomic E-state index is -0.243. The van der Waals surface area contributed by atoms with Crippen LogP contribution in [0.1, 0.15) is 33.3 Å². The van der Waals surface area contributed by atoms with Gasteiger partial charge in [-0.25, -0.2) is 4.99 Å². The molecule has 0 radical (unpaired) electrons. The molecular formula is C18H30N4O2. The predicted molar refractivity (Wildman–Crippen MR) is 98.6 cm³/mol. The molecule has 1 aromatic carbocycles. The summed E-state index contributed by atoms with van der Waals surface area (Å²) in [6.07, 6.45) is 0.864. The quantitative estimate of drug-likeness (QED) is 0.524. The van der Waals surface area contributed by atoms with E-state index in [1.54, 1.807) is 7.11 Å². The van der Waals surface area contributed by atoms with Crippen LogP contribution in [-0.4, -0.2) is 44.1 Å². The van der Waals surface area contributed by atoms with E-state index in [9.17, 15) is 4.79 Å². The third-order valence-corrected chi connectivity index (χ3v) is 3.10. The van der Waals surface area contributed by atoms with E-state index in [4.69, 9.17) is 4.74 Å². The molecule has 1 amide bonds. The predicted octanol–water partition coefficient (Wildman–Crippen LogP) is 1.71. The Morgan fingerprint density at radius 3 is 2.38 bits per heavy atom. The van der Waals surface area contributed by atoms with Crippen LogP contribution in [0.4, 0.5) is 0 Å². The Morgan fingerprint density at radius 1 is 1.17 bits per heavy atom. The molecule has 0 aliphatic rings. The number of amides is 1. The van der Waals surface area contributed by atoms with Crippen LogP contribution >= 0.6 is 0 Å². The van der Waals surface area contributed by atoms with E-state index >= 15 is 0 Å². The Bertz CT molecular complexity index is 533. The maximum atomic E-state index is 11.8. The lowest BCUT2D eigenvalue weighted by Crippen LogP contribution is -2.43. The molecule has 1 rings (SSSR count). The minimum Gasteiger partial charge on any atom is -0.497 e. The summed E-state index contributed by atoms with van der Waals surface area (Å²) in [5.41, 5.74) is 0.969. The number of rotatable bonds is 7. The number of hydrogen-bond donors (Lipinski definition) is 3. The van der Waals surface area contributed by atoms with Gasteiger partial charge in [-0.1, -0.05) is 12.1 Å². The molecule has 0 saturated heterocycles. The molecule has 0 aliphatic carbocycles. The van der Waals surface area contributed by atoms with Gasteiger partial charge >= 0.3 is 0 Å². The summed E-state index contributed by atoms with van der Waals surface area (Å²) in [5.74, 6) is 1.41. The molecular weight excluding hydrogens is 304 g/mol. The molecule has 6 heteroatoms. The molecule has 0 atom stereocenters. The van der Waals surface area contributed by atoms with Crippen LogP contribution in [0.3, 0.4) is 0 Å². The van der Waals surface area contributed by atoms with Crippen LogP contribution in [0.15, 0.2) is 29.3 Å². The highest BCUT2D eigenvalue weighted by Gasteiger charge is 2.13. The van der Waals surface area contributed by atoms with E-state index in [2.05, 4.69) is 20.9 Å². The zero-order valence-corrected chi connectivity index (χ0v) is 15.4. The molecule has 3 N–H and O–H groups in total. The summed E-state index contributed by atoms with van der Waals surface area (Å²) in [6.45, 7) is 9.44. The largest absolute Gasteiger partial charge is 0.497 e. The first kappa shape index (κ1) is 19.8. The van der Waals surface area contributed by atoms with Gasteiger partial charge in [-0.3, -0.25) is 4.79 Å². The molecule has 24 heavy (non-hydrogen) atoms. The Labute approximate surface area is 145 Å². The van der Waals surface area contributed by atoms with Gasteiger partial charge < -0.3 is 20.7 Å². The molecule has 134 valence electrons. The van der Waals surface area contributed by atoms with E-state index < -0.39 is 0 Å². The second-order valence-corrected chi connectivity index (χ2v) is 6.52. The molecule has 0 spiro atoms. The number of hydrogen-bond acceptors (Lipinski definition) is 3. The number of methoxy groups -OCH3 is 1. The normalized spacial score (nSPS) is 11.8. The number of nitrogens with one attached hydrogen (secondary N) is 3. The number of nitrogens with zero attached hydrogens (tertiary/aromatic N) is 1. The smallest absolute Gasteiger partial charge is 0.242 e. The summed E-state index contributed by atoms with van der Waals surface area (Å²) in [5, 5.41) is 9.28. The standard InChI is InChI=1S/C18H30N4O2/c1-6-19-17(21-13-16(23)22-18(2,3)4)20-12-11-14-7-9-15(24-5)10-8-14/h7-10H,6,11-13H2,1-5H3,(H,22,23)(H2,19,20,21). The minimum absolute atomic E-state index is 0.0881. The summed E-state index contributed by atoms with van der Waals surface area (Å²) >= 11 is 0. The Morgan fingerprint density at radius 2 is 1.83 bits per heavy atom. The van der Waals surface area contributed by atoms with Crippen LogP contribution < -0.4 is 20.7 Å². The number of aliphatic imine (C=N–C) groups is 1. The summed E-state index contributed by atoms with van der Waals surface area (Å²) in [4.78, 5) is 16.2. The van der Waals surface area contributed by atoms with Crippen molar-refractivity contribution in [2.24, 2.45) is 4.99 Å². The van der Waals surface area contributed by atoms with Crippen LogP contribution in [-0.2, 0) is 11.2 Å². The molecule has 6 nitrogen and oxygen atoms in total. The Balaban J connectivity index is 2.46. The first-order chi connectivity index (χ1) is 11.3. The first-order valence-corrected chi connectivity index (χ1v) is 8.30. The highest BCUT2D eigenvalue weighted by Crippen LogP contribution is 2.11. The van der Waals surface area contributed by atoms with Crippen LogP contribution in [0.5, 0.6) is 5.75 Å². The van der Waals surface area contributed by atoms with Crippen LogP contribution in [0, 0.1) is 0 Å². The van der Waals surface area contributed by atoms with Crippen LogP contribution in [0.2, 0.25) is 0 Å². The number of ether oxygens (including phenoxy) is 1. The average Bonchev–Trinajstić information content (AvgIpc) is 2.51. The average molecular weight is 334 g/mol. The Kier molecular flexibility index (Phi) is 8.09. The maximum Gasteiger partial charge on any atom is 0.242 e. The fourth-order valence-corrected chi connectivity index (χ4v) is 2.07. The van der Waals surface area contributed by atoms with Crippen molar-refractivity contribution in [3.63, 3.8) is 0 Å².